The number of hydrogen-bond acceptors (Lipinski definition) is 5. The molecule has 0 spiro atoms. The Morgan fingerprint density at radius 2 is 1.37 bits per heavy atom. The fourth-order valence-electron chi connectivity index (χ4n) is 2.24. The Bertz CT molecular complexity index is 1060. The van der Waals surface area contributed by atoms with E-state index in [2.05, 4.69) is 10.6 Å². The average molecular weight is 385 g/mol. The summed E-state index contributed by atoms with van der Waals surface area (Å²) < 4.78 is 27.5. The molecule has 0 aliphatic rings. The first-order chi connectivity index (χ1) is 12.8. The second-order valence-corrected chi connectivity index (χ2v) is 7.09. The molecule has 3 aromatic rings. The lowest BCUT2D eigenvalue weighted by molar-refractivity contribution is 0.0995. The molecule has 4 N–H and O–H groups in total. The smallest absolute Gasteiger partial charge is 0.291 e. The van der Waals surface area contributed by atoms with Crippen LogP contribution in [0.3, 0.4) is 0 Å². The van der Waals surface area contributed by atoms with Gasteiger partial charge in [-0.3, -0.25) is 9.59 Å². The highest BCUT2D eigenvalue weighted by Crippen LogP contribution is 2.16. The summed E-state index contributed by atoms with van der Waals surface area (Å²) in [5, 5.41) is 10.3. The summed E-state index contributed by atoms with van der Waals surface area (Å²) in [5.74, 6) is -0.603. The van der Waals surface area contributed by atoms with Crippen LogP contribution in [-0.4, -0.2) is 20.2 Å². The zero-order chi connectivity index (χ0) is 19.4. The SMILES string of the molecule is NS(=O)(=O)c1ccc(NC(=O)c2ccc(NC(=O)c3ccco3)cc2)cc1. The third-order valence-electron chi connectivity index (χ3n) is 3.59. The molecule has 27 heavy (non-hydrogen) atoms. The summed E-state index contributed by atoms with van der Waals surface area (Å²) in [6.45, 7) is 0. The van der Waals surface area contributed by atoms with Crippen molar-refractivity contribution in [2.24, 2.45) is 5.14 Å². The molecule has 0 aliphatic carbocycles. The van der Waals surface area contributed by atoms with Crippen molar-refractivity contribution in [2.75, 3.05) is 10.6 Å². The highest BCUT2D eigenvalue weighted by atomic mass is 32.2. The summed E-state index contributed by atoms with van der Waals surface area (Å²) in [7, 11) is -3.79. The van der Waals surface area contributed by atoms with Gasteiger partial charge in [0, 0.05) is 16.9 Å². The van der Waals surface area contributed by atoms with E-state index in [0.717, 1.165) is 0 Å². The normalized spacial score (nSPS) is 11.0. The number of nitrogens with one attached hydrogen (secondary N) is 2. The van der Waals surface area contributed by atoms with Gasteiger partial charge in [-0.2, -0.15) is 0 Å². The average Bonchev–Trinajstić information content (AvgIpc) is 3.17. The fourth-order valence-corrected chi connectivity index (χ4v) is 2.75. The van der Waals surface area contributed by atoms with Crippen LogP contribution in [0.2, 0.25) is 0 Å². The minimum absolute atomic E-state index is 0.0443. The zero-order valence-corrected chi connectivity index (χ0v) is 14.7. The number of hydrogen-bond donors (Lipinski definition) is 3. The summed E-state index contributed by atoms with van der Waals surface area (Å²) in [6.07, 6.45) is 1.40. The molecule has 8 nitrogen and oxygen atoms in total. The van der Waals surface area contributed by atoms with Crippen LogP contribution in [0.25, 0.3) is 0 Å². The van der Waals surface area contributed by atoms with Crippen LogP contribution in [0.4, 0.5) is 11.4 Å². The molecule has 3 rings (SSSR count). The predicted octanol–water partition coefficient (Wildman–Crippen LogP) is 2.43. The van der Waals surface area contributed by atoms with E-state index in [1.54, 1.807) is 36.4 Å². The number of rotatable bonds is 5. The molecular weight excluding hydrogens is 370 g/mol. The van der Waals surface area contributed by atoms with E-state index in [1.165, 1.54) is 30.5 Å². The summed E-state index contributed by atoms with van der Waals surface area (Å²) in [6, 6.07) is 14.9. The number of amides is 2. The molecule has 1 aromatic heterocycles. The van der Waals surface area contributed by atoms with Crippen molar-refractivity contribution in [1.29, 1.82) is 0 Å². The van der Waals surface area contributed by atoms with Gasteiger partial charge >= 0.3 is 0 Å². The van der Waals surface area contributed by atoms with E-state index >= 15 is 0 Å². The minimum atomic E-state index is -3.79. The maximum absolute atomic E-state index is 12.3. The molecule has 2 amide bonds. The van der Waals surface area contributed by atoms with Gasteiger partial charge in [0.15, 0.2) is 5.76 Å². The fraction of sp³-hybridized carbons (Fsp3) is 0. The topological polar surface area (TPSA) is 132 Å². The lowest BCUT2D eigenvalue weighted by Crippen LogP contribution is -2.14. The van der Waals surface area contributed by atoms with Crippen molar-refractivity contribution in [1.82, 2.24) is 0 Å². The van der Waals surface area contributed by atoms with E-state index < -0.39 is 15.9 Å². The van der Waals surface area contributed by atoms with Crippen molar-refractivity contribution >= 4 is 33.2 Å². The van der Waals surface area contributed by atoms with E-state index in [9.17, 15) is 18.0 Å². The molecule has 0 unspecified atom stereocenters. The number of primary sulfonamides is 1. The van der Waals surface area contributed by atoms with Crippen molar-refractivity contribution in [3.8, 4) is 0 Å². The van der Waals surface area contributed by atoms with Crippen molar-refractivity contribution in [3.63, 3.8) is 0 Å². The lowest BCUT2D eigenvalue weighted by Gasteiger charge is -2.07. The van der Waals surface area contributed by atoms with Crippen LogP contribution in [0, 0.1) is 0 Å². The molecule has 1 heterocycles. The molecule has 0 saturated heterocycles. The molecule has 0 saturated carbocycles. The Kier molecular flexibility index (Phi) is 5.06. The van der Waals surface area contributed by atoms with Crippen molar-refractivity contribution in [2.45, 2.75) is 4.90 Å². The highest BCUT2D eigenvalue weighted by Gasteiger charge is 2.11. The van der Waals surface area contributed by atoms with Gasteiger partial charge in [-0.05, 0) is 60.7 Å². The Hall–Kier alpha value is -3.43. The standard InChI is InChI=1S/C18H15N3O5S/c19-27(24,25)15-9-7-14(8-10-15)20-17(22)12-3-5-13(6-4-12)21-18(23)16-2-1-11-26-16/h1-11H,(H,20,22)(H,21,23)(H2,19,24,25). The van der Waals surface area contributed by atoms with Gasteiger partial charge in [0.1, 0.15) is 0 Å². The number of benzene rings is 2. The van der Waals surface area contributed by atoms with E-state index in [0.29, 0.717) is 16.9 Å². The molecule has 0 atom stereocenters. The predicted molar refractivity (Wildman–Crippen MR) is 98.9 cm³/mol. The van der Waals surface area contributed by atoms with Crippen molar-refractivity contribution in [3.05, 3.63) is 78.3 Å². The Balaban J connectivity index is 1.64. The monoisotopic (exact) mass is 385 g/mol. The van der Waals surface area contributed by atoms with Gasteiger partial charge in [-0.15, -0.1) is 0 Å². The molecule has 0 aliphatic heterocycles. The number of sulfonamides is 1. The molecule has 0 radical (unpaired) electrons. The van der Waals surface area contributed by atoms with Crippen LogP contribution in [0.15, 0.2) is 76.2 Å². The first kappa shape index (κ1) is 18.4. The largest absolute Gasteiger partial charge is 0.459 e. The highest BCUT2D eigenvalue weighted by molar-refractivity contribution is 7.89. The first-order valence-electron chi connectivity index (χ1n) is 7.72. The minimum Gasteiger partial charge on any atom is -0.459 e. The zero-order valence-electron chi connectivity index (χ0n) is 13.9. The van der Waals surface area contributed by atoms with Gasteiger partial charge in [0.05, 0.1) is 11.2 Å². The maximum Gasteiger partial charge on any atom is 0.291 e. The van der Waals surface area contributed by atoms with Crippen molar-refractivity contribution < 1.29 is 22.4 Å². The quantitative estimate of drug-likeness (QED) is 0.621. The lowest BCUT2D eigenvalue weighted by atomic mass is 10.2. The molecule has 9 heteroatoms. The number of furan rings is 1. The third kappa shape index (κ3) is 4.60. The van der Waals surface area contributed by atoms with Gasteiger partial charge < -0.3 is 15.1 Å². The van der Waals surface area contributed by atoms with Gasteiger partial charge in [-0.25, -0.2) is 13.6 Å². The van der Waals surface area contributed by atoms with Gasteiger partial charge in [-0.1, -0.05) is 0 Å². The first-order valence-corrected chi connectivity index (χ1v) is 9.27. The van der Waals surface area contributed by atoms with Crippen LogP contribution in [-0.2, 0) is 10.0 Å². The van der Waals surface area contributed by atoms with Crippen LogP contribution < -0.4 is 15.8 Å². The summed E-state index contributed by atoms with van der Waals surface area (Å²) in [4.78, 5) is 24.1. The maximum atomic E-state index is 12.3. The second-order valence-electron chi connectivity index (χ2n) is 5.53. The summed E-state index contributed by atoms with van der Waals surface area (Å²) >= 11 is 0. The van der Waals surface area contributed by atoms with E-state index in [1.807, 2.05) is 0 Å². The van der Waals surface area contributed by atoms with E-state index in [4.69, 9.17) is 9.56 Å². The molecule has 0 fully saturated rings. The number of carbonyl (C=O) groups excluding carboxylic acids is 2. The Morgan fingerprint density at radius 1 is 0.815 bits per heavy atom. The molecular formula is C18H15N3O5S. The number of anilines is 2. The number of nitrogens with two attached hydrogens (primary N) is 1. The van der Waals surface area contributed by atoms with E-state index in [-0.39, 0.29) is 16.6 Å². The Morgan fingerprint density at radius 3 is 1.89 bits per heavy atom. The molecule has 0 bridgehead atoms. The number of carbonyl (C=O) groups is 2. The van der Waals surface area contributed by atoms with Gasteiger partial charge in [0.25, 0.3) is 11.8 Å². The summed E-state index contributed by atoms with van der Waals surface area (Å²) in [5.41, 5.74) is 1.29. The molecule has 2 aromatic carbocycles. The van der Waals surface area contributed by atoms with Crippen LogP contribution >= 0.6 is 0 Å². The van der Waals surface area contributed by atoms with Gasteiger partial charge in [0.2, 0.25) is 10.0 Å². The van der Waals surface area contributed by atoms with Crippen LogP contribution in [0.1, 0.15) is 20.9 Å². The molecule has 138 valence electrons. The third-order valence-corrected chi connectivity index (χ3v) is 4.52. The second kappa shape index (κ2) is 7.44. The Labute approximate surface area is 155 Å². The van der Waals surface area contributed by atoms with Crippen LogP contribution in [0.5, 0.6) is 0 Å².